The summed E-state index contributed by atoms with van der Waals surface area (Å²) in [5, 5.41) is 8.46. The molecule has 4 rings (SSSR count). The van der Waals surface area contributed by atoms with Gasteiger partial charge in [0.25, 0.3) is 5.91 Å². The van der Waals surface area contributed by atoms with Gasteiger partial charge in [-0.1, -0.05) is 0 Å². The maximum Gasteiger partial charge on any atom is 0.279 e. The van der Waals surface area contributed by atoms with Gasteiger partial charge in [0.2, 0.25) is 5.88 Å². The predicted molar refractivity (Wildman–Crippen MR) is 86.6 cm³/mol. The Hall–Kier alpha value is -3.23. The number of amides is 1. The summed E-state index contributed by atoms with van der Waals surface area (Å²) >= 11 is 0. The van der Waals surface area contributed by atoms with Crippen LogP contribution >= 0.6 is 0 Å². The molecular formula is C16H15FN6O2. The molecular weight excluding hydrogens is 327 g/mol. The Morgan fingerprint density at radius 2 is 2.12 bits per heavy atom. The molecule has 8 nitrogen and oxygen atoms in total. The highest BCUT2D eigenvalue weighted by Crippen LogP contribution is 2.27. The third-order valence-corrected chi connectivity index (χ3v) is 3.88. The van der Waals surface area contributed by atoms with Crippen LogP contribution in [0.1, 0.15) is 16.1 Å². The van der Waals surface area contributed by atoms with Crippen molar-refractivity contribution in [1.29, 1.82) is 0 Å². The Balaban J connectivity index is 1.55. The fraction of sp³-hybridized carbons (Fsp3) is 0.250. The van der Waals surface area contributed by atoms with Crippen molar-refractivity contribution in [3.63, 3.8) is 0 Å². The van der Waals surface area contributed by atoms with Crippen molar-refractivity contribution in [2.24, 2.45) is 7.05 Å². The quantitative estimate of drug-likeness (QED) is 0.702. The molecule has 0 bridgehead atoms. The summed E-state index contributed by atoms with van der Waals surface area (Å²) in [6, 6.07) is 3.40. The van der Waals surface area contributed by atoms with E-state index >= 15 is 0 Å². The number of nitrogens with zero attached hydrogens (tertiary/aromatic N) is 6. The van der Waals surface area contributed by atoms with Gasteiger partial charge in [-0.2, -0.15) is 10.2 Å². The lowest BCUT2D eigenvalue weighted by atomic mass is 10.3. The van der Waals surface area contributed by atoms with Crippen molar-refractivity contribution in [2.75, 3.05) is 18.2 Å². The van der Waals surface area contributed by atoms with Gasteiger partial charge in [0.15, 0.2) is 5.69 Å². The Morgan fingerprint density at radius 3 is 2.76 bits per heavy atom. The number of aromatic nitrogens is 5. The first-order valence-corrected chi connectivity index (χ1v) is 7.70. The molecule has 128 valence electrons. The number of pyridine rings is 1. The zero-order valence-corrected chi connectivity index (χ0v) is 13.5. The fourth-order valence-corrected chi connectivity index (χ4v) is 2.70. The molecule has 3 aromatic rings. The number of carbonyl (C=O) groups excluding carboxylic acids is 1. The SMILES string of the molecule is Cn1cc(N2Cc3cn(-c4ccc(OCCF)nc4)nc3C2=O)cn1. The molecule has 0 aromatic carbocycles. The summed E-state index contributed by atoms with van der Waals surface area (Å²) in [7, 11) is 1.80. The highest BCUT2D eigenvalue weighted by molar-refractivity contribution is 6.08. The second kappa shape index (κ2) is 6.00. The molecule has 0 unspecified atom stereocenters. The normalized spacial score (nSPS) is 13.4. The third kappa shape index (κ3) is 2.73. The van der Waals surface area contributed by atoms with Crippen LogP contribution in [0.2, 0.25) is 0 Å². The zero-order chi connectivity index (χ0) is 17.4. The standard InChI is InChI=1S/C16H15FN6O2/c1-21-10-13(7-19-21)22-8-11-9-23(20-15(11)16(22)24)12-2-3-14(18-6-12)25-5-4-17/h2-3,6-7,9-10H,4-5,8H2,1H3. The topological polar surface area (TPSA) is 78.1 Å². The van der Waals surface area contributed by atoms with Gasteiger partial charge < -0.3 is 4.74 Å². The smallest absolute Gasteiger partial charge is 0.279 e. The number of ether oxygens (including phenoxy) is 1. The van der Waals surface area contributed by atoms with E-state index in [1.54, 1.807) is 52.0 Å². The molecule has 4 heterocycles. The molecule has 0 spiro atoms. The number of hydrogen-bond donors (Lipinski definition) is 0. The summed E-state index contributed by atoms with van der Waals surface area (Å²) in [6.45, 7) is -0.142. The molecule has 9 heteroatoms. The van der Waals surface area contributed by atoms with Crippen molar-refractivity contribution >= 4 is 11.6 Å². The lowest BCUT2D eigenvalue weighted by molar-refractivity contribution is 0.0991. The molecule has 0 atom stereocenters. The Kier molecular flexibility index (Phi) is 3.68. The number of anilines is 1. The number of aryl methyl sites for hydroxylation is 1. The molecule has 0 radical (unpaired) electrons. The summed E-state index contributed by atoms with van der Waals surface area (Å²) in [6.07, 6.45) is 6.82. The van der Waals surface area contributed by atoms with E-state index in [1.807, 2.05) is 6.20 Å². The van der Waals surface area contributed by atoms with E-state index in [4.69, 9.17) is 4.74 Å². The summed E-state index contributed by atoms with van der Waals surface area (Å²) in [5.74, 6) is 0.192. The van der Waals surface area contributed by atoms with E-state index < -0.39 is 6.67 Å². The van der Waals surface area contributed by atoms with Crippen molar-refractivity contribution in [3.05, 3.63) is 48.2 Å². The summed E-state index contributed by atoms with van der Waals surface area (Å²) in [5.41, 5.74) is 2.70. The van der Waals surface area contributed by atoms with E-state index in [1.165, 1.54) is 0 Å². The molecule has 3 aromatic heterocycles. The van der Waals surface area contributed by atoms with Gasteiger partial charge in [0.1, 0.15) is 13.3 Å². The first-order chi connectivity index (χ1) is 12.2. The predicted octanol–water partition coefficient (Wildman–Crippen LogP) is 1.51. The number of carbonyl (C=O) groups is 1. The van der Waals surface area contributed by atoms with Crippen LogP contribution in [-0.4, -0.2) is 43.7 Å². The number of fused-ring (bicyclic) bond motifs is 1. The Bertz CT molecular complexity index is 917. The molecule has 0 aliphatic carbocycles. The first-order valence-electron chi connectivity index (χ1n) is 7.70. The average Bonchev–Trinajstić information content (AvgIpc) is 3.30. The number of alkyl halides is 1. The zero-order valence-electron chi connectivity index (χ0n) is 13.5. The van der Waals surface area contributed by atoms with Crippen LogP contribution in [0.5, 0.6) is 5.88 Å². The molecule has 1 aliphatic heterocycles. The first kappa shape index (κ1) is 15.3. The van der Waals surface area contributed by atoms with E-state index in [0.717, 1.165) is 11.3 Å². The minimum atomic E-state index is -0.565. The lowest BCUT2D eigenvalue weighted by Crippen LogP contribution is -2.23. The number of hydrogen-bond acceptors (Lipinski definition) is 5. The lowest BCUT2D eigenvalue weighted by Gasteiger charge is -2.13. The van der Waals surface area contributed by atoms with Gasteiger partial charge in [-0.25, -0.2) is 14.1 Å². The van der Waals surface area contributed by atoms with Crippen LogP contribution in [-0.2, 0) is 13.6 Å². The maximum atomic E-state index is 12.6. The second-order valence-electron chi connectivity index (χ2n) is 5.60. The van der Waals surface area contributed by atoms with Crippen LogP contribution in [0.15, 0.2) is 36.9 Å². The second-order valence-corrected chi connectivity index (χ2v) is 5.60. The monoisotopic (exact) mass is 342 g/mol. The van der Waals surface area contributed by atoms with Gasteiger partial charge in [-0.15, -0.1) is 0 Å². The number of rotatable bonds is 5. The summed E-state index contributed by atoms with van der Waals surface area (Å²) < 4.78 is 20.5. The van der Waals surface area contributed by atoms with Gasteiger partial charge in [0.05, 0.1) is 30.3 Å². The minimum Gasteiger partial charge on any atom is -0.475 e. The maximum absolute atomic E-state index is 12.6. The average molecular weight is 342 g/mol. The minimum absolute atomic E-state index is 0.0267. The van der Waals surface area contributed by atoms with E-state index in [-0.39, 0.29) is 12.5 Å². The van der Waals surface area contributed by atoms with Crippen LogP contribution in [0.4, 0.5) is 10.1 Å². The molecule has 0 N–H and O–H groups in total. The van der Waals surface area contributed by atoms with E-state index in [0.29, 0.717) is 23.8 Å². The van der Waals surface area contributed by atoms with Gasteiger partial charge in [0, 0.05) is 31.1 Å². The summed E-state index contributed by atoms with van der Waals surface area (Å²) in [4.78, 5) is 18.3. The van der Waals surface area contributed by atoms with Gasteiger partial charge in [-0.05, 0) is 6.07 Å². The van der Waals surface area contributed by atoms with E-state index in [2.05, 4.69) is 15.2 Å². The highest BCUT2D eigenvalue weighted by atomic mass is 19.1. The Labute approximate surface area is 142 Å². The molecule has 0 saturated heterocycles. The van der Waals surface area contributed by atoms with Gasteiger partial charge >= 0.3 is 0 Å². The number of halogens is 1. The molecule has 1 amide bonds. The van der Waals surface area contributed by atoms with Crippen LogP contribution < -0.4 is 9.64 Å². The molecule has 25 heavy (non-hydrogen) atoms. The van der Waals surface area contributed by atoms with Crippen LogP contribution in [0.3, 0.4) is 0 Å². The van der Waals surface area contributed by atoms with Crippen molar-refractivity contribution in [2.45, 2.75) is 6.54 Å². The highest BCUT2D eigenvalue weighted by Gasteiger charge is 2.32. The largest absolute Gasteiger partial charge is 0.475 e. The Morgan fingerprint density at radius 1 is 1.24 bits per heavy atom. The van der Waals surface area contributed by atoms with Crippen molar-refractivity contribution in [3.8, 4) is 11.6 Å². The molecule has 1 aliphatic rings. The molecule has 0 saturated carbocycles. The third-order valence-electron chi connectivity index (χ3n) is 3.88. The van der Waals surface area contributed by atoms with Crippen LogP contribution in [0, 0.1) is 0 Å². The van der Waals surface area contributed by atoms with Crippen molar-refractivity contribution < 1.29 is 13.9 Å². The fourth-order valence-electron chi connectivity index (χ4n) is 2.70. The van der Waals surface area contributed by atoms with Crippen LogP contribution in [0.25, 0.3) is 5.69 Å². The van der Waals surface area contributed by atoms with Crippen molar-refractivity contribution in [1.82, 2.24) is 24.5 Å². The van der Waals surface area contributed by atoms with Gasteiger partial charge in [-0.3, -0.25) is 14.4 Å². The molecule has 0 fully saturated rings. The van der Waals surface area contributed by atoms with E-state index in [9.17, 15) is 9.18 Å².